The lowest BCUT2D eigenvalue weighted by Crippen LogP contribution is -2.16. The van der Waals surface area contributed by atoms with Gasteiger partial charge < -0.3 is 4.74 Å². The summed E-state index contributed by atoms with van der Waals surface area (Å²) in [6.45, 7) is 5.18. The summed E-state index contributed by atoms with van der Waals surface area (Å²) in [6.07, 6.45) is 0.906. The lowest BCUT2D eigenvalue weighted by molar-refractivity contribution is -0.144. The van der Waals surface area contributed by atoms with Crippen molar-refractivity contribution in [3.8, 4) is 0 Å². The summed E-state index contributed by atoms with van der Waals surface area (Å²) in [7, 11) is 0. The van der Waals surface area contributed by atoms with Crippen LogP contribution in [-0.2, 0) is 9.53 Å². The summed E-state index contributed by atoms with van der Waals surface area (Å²) in [5.41, 5.74) is 0.519. The number of carbonyl (C=O) groups is 2. The average Bonchev–Trinajstić information content (AvgIpc) is 2.29. The summed E-state index contributed by atoms with van der Waals surface area (Å²) in [5, 5.41) is 0. The molecule has 0 amide bonds. The van der Waals surface area contributed by atoms with E-state index in [0.29, 0.717) is 5.56 Å². The van der Waals surface area contributed by atoms with Gasteiger partial charge in [-0.1, -0.05) is 43.0 Å². The first-order valence-corrected chi connectivity index (χ1v) is 5.03. The van der Waals surface area contributed by atoms with E-state index in [-0.39, 0.29) is 18.3 Å². The van der Waals surface area contributed by atoms with Crippen LogP contribution in [0.5, 0.6) is 0 Å². The number of rotatable bonds is 5. The Bertz CT molecular complexity index is 381. The fraction of sp³-hybridized carbons (Fsp3) is 0.231. The molecule has 0 heterocycles. The Labute approximate surface area is 94.7 Å². The van der Waals surface area contributed by atoms with E-state index in [1.807, 2.05) is 6.07 Å². The Balaban J connectivity index is 2.52. The highest BCUT2D eigenvalue weighted by molar-refractivity contribution is 6.05. The number of hydrogen-bond acceptors (Lipinski definition) is 3. The molecule has 0 bridgehead atoms. The number of ketones is 1. The van der Waals surface area contributed by atoms with Gasteiger partial charge in [-0.3, -0.25) is 9.59 Å². The molecule has 0 spiro atoms. The molecule has 1 aromatic rings. The van der Waals surface area contributed by atoms with Crippen molar-refractivity contribution in [1.29, 1.82) is 0 Å². The average molecular weight is 218 g/mol. The van der Waals surface area contributed by atoms with Crippen molar-refractivity contribution in [2.24, 2.45) is 0 Å². The second-order valence-corrected chi connectivity index (χ2v) is 3.40. The lowest BCUT2D eigenvalue weighted by atomic mass is 10.1. The Morgan fingerprint density at radius 1 is 1.38 bits per heavy atom. The fourth-order valence-corrected chi connectivity index (χ4v) is 1.15. The summed E-state index contributed by atoms with van der Waals surface area (Å²) in [4.78, 5) is 22.9. The van der Waals surface area contributed by atoms with Crippen LogP contribution in [0.25, 0.3) is 0 Å². The predicted octanol–water partition coefficient (Wildman–Crippen LogP) is 2.38. The van der Waals surface area contributed by atoms with Gasteiger partial charge in [0.1, 0.15) is 12.5 Å². The molecule has 0 fully saturated rings. The van der Waals surface area contributed by atoms with Crippen molar-refractivity contribution in [3.63, 3.8) is 0 Å². The molecule has 0 N–H and O–H groups in total. The summed E-state index contributed by atoms with van der Waals surface area (Å²) < 4.78 is 4.91. The van der Waals surface area contributed by atoms with Gasteiger partial charge in [0.2, 0.25) is 0 Å². The minimum absolute atomic E-state index is 0.234. The summed E-state index contributed by atoms with van der Waals surface area (Å²) in [5.74, 6) is -0.761. The van der Waals surface area contributed by atoms with Gasteiger partial charge in [0, 0.05) is 5.56 Å². The van der Waals surface area contributed by atoms with Crippen LogP contribution in [0.1, 0.15) is 23.7 Å². The zero-order valence-electron chi connectivity index (χ0n) is 9.18. The van der Waals surface area contributed by atoms with Gasteiger partial charge in [-0.2, -0.15) is 0 Å². The molecule has 84 valence electrons. The van der Waals surface area contributed by atoms with Gasteiger partial charge >= 0.3 is 5.97 Å². The molecule has 0 saturated heterocycles. The maximum absolute atomic E-state index is 11.6. The highest BCUT2D eigenvalue weighted by atomic mass is 16.5. The molecule has 0 aromatic heterocycles. The molecule has 1 atom stereocenters. The van der Waals surface area contributed by atoms with Crippen LogP contribution in [0.4, 0.5) is 0 Å². The molecule has 0 aliphatic rings. The van der Waals surface area contributed by atoms with Crippen molar-refractivity contribution >= 4 is 11.8 Å². The van der Waals surface area contributed by atoms with E-state index in [2.05, 4.69) is 6.58 Å². The summed E-state index contributed by atoms with van der Waals surface area (Å²) in [6, 6.07) is 8.67. The monoisotopic (exact) mass is 218 g/mol. The normalized spacial score (nSPS) is 11.6. The Kier molecular flexibility index (Phi) is 4.45. The van der Waals surface area contributed by atoms with Crippen LogP contribution in [0, 0.1) is 0 Å². The van der Waals surface area contributed by atoms with Crippen LogP contribution in [0.15, 0.2) is 43.0 Å². The van der Waals surface area contributed by atoms with Gasteiger partial charge in [0.25, 0.3) is 0 Å². The first-order valence-electron chi connectivity index (χ1n) is 5.03. The molecule has 0 aliphatic carbocycles. The molecular formula is C13H14O3. The van der Waals surface area contributed by atoms with Crippen molar-refractivity contribution in [2.45, 2.75) is 19.4 Å². The molecule has 3 heteroatoms. The largest absolute Gasteiger partial charge is 0.458 e. The van der Waals surface area contributed by atoms with E-state index in [0.717, 1.165) is 0 Å². The third kappa shape index (κ3) is 3.69. The zero-order chi connectivity index (χ0) is 12.0. The second kappa shape index (κ2) is 5.85. The van der Waals surface area contributed by atoms with Crippen LogP contribution >= 0.6 is 0 Å². The van der Waals surface area contributed by atoms with E-state index in [1.165, 1.54) is 6.08 Å². The van der Waals surface area contributed by atoms with Gasteiger partial charge in [-0.15, -0.1) is 0 Å². The zero-order valence-corrected chi connectivity index (χ0v) is 9.18. The predicted molar refractivity (Wildman–Crippen MR) is 61.1 cm³/mol. The maximum Gasteiger partial charge on any atom is 0.314 e. The van der Waals surface area contributed by atoms with Crippen LogP contribution in [-0.4, -0.2) is 17.9 Å². The van der Waals surface area contributed by atoms with Gasteiger partial charge in [0.15, 0.2) is 5.78 Å². The van der Waals surface area contributed by atoms with E-state index in [1.54, 1.807) is 31.2 Å². The first kappa shape index (κ1) is 12.2. The number of benzene rings is 1. The highest BCUT2D eigenvalue weighted by Crippen LogP contribution is 2.05. The molecule has 16 heavy (non-hydrogen) atoms. The molecule has 0 saturated carbocycles. The van der Waals surface area contributed by atoms with Crippen molar-refractivity contribution in [3.05, 3.63) is 48.6 Å². The highest BCUT2D eigenvalue weighted by Gasteiger charge is 2.13. The Morgan fingerprint density at radius 3 is 2.56 bits per heavy atom. The number of carbonyl (C=O) groups excluding carboxylic acids is 2. The third-order valence-corrected chi connectivity index (χ3v) is 2.05. The van der Waals surface area contributed by atoms with Crippen LogP contribution < -0.4 is 0 Å². The number of ether oxygens (including phenoxy) is 1. The fourth-order valence-electron chi connectivity index (χ4n) is 1.15. The molecule has 1 unspecified atom stereocenters. The van der Waals surface area contributed by atoms with Gasteiger partial charge in [-0.25, -0.2) is 0 Å². The number of esters is 1. The number of Topliss-reactive ketones (excluding diaryl/α,β-unsaturated/α-hetero) is 1. The Hall–Kier alpha value is -1.90. The van der Waals surface area contributed by atoms with E-state index in [9.17, 15) is 9.59 Å². The minimum atomic E-state index is -0.527. The SMILES string of the molecule is C=CC(C)OC(=O)CC(=O)c1ccccc1. The molecule has 3 nitrogen and oxygen atoms in total. The Morgan fingerprint density at radius 2 is 2.00 bits per heavy atom. The molecule has 0 radical (unpaired) electrons. The molecule has 1 rings (SSSR count). The van der Waals surface area contributed by atoms with Gasteiger partial charge in [-0.05, 0) is 6.92 Å². The van der Waals surface area contributed by atoms with Gasteiger partial charge in [0.05, 0.1) is 0 Å². The van der Waals surface area contributed by atoms with Crippen molar-refractivity contribution in [2.75, 3.05) is 0 Å². The third-order valence-electron chi connectivity index (χ3n) is 2.05. The van der Waals surface area contributed by atoms with E-state index in [4.69, 9.17) is 4.74 Å². The van der Waals surface area contributed by atoms with Crippen molar-refractivity contribution < 1.29 is 14.3 Å². The molecule has 1 aromatic carbocycles. The summed E-state index contributed by atoms with van der Waals surface area (Å²) >= 11 is 0. The van der Waals surface area contributed by atoms with Crippen molar-refractivity contribution in [1.82, 2.24) is 0 Å². The molecule has 0 aliphatic heterocycles. The van der Waals surface area contributed by atoms with E-state index < -0.39 is 5.97 Å². The minimum Gasteiger partial charge on any atom is -0.458 e. The maximum atomic E-state index is 11.6. The number of hydrogen-bond donors (Lipinski definition) is 0. The van der Waals surface area contributed by atoms with Crippen LogP contribution in [0.2, 0.25) is 0 Å². The topological polar surface area (TPSA) is 43.4 Å². The van der Waals surface area contributed by atoms with E-state index >= 15 is 0 Å². The first-order chi connectivity index (χ1) is 7.63. The smallest absolute Gasteiger partial charge is 0.314 e. The second-order valence-electron chi connectivity index (χ2n) is 3.40. The standard InChI is InChI=1S/C13H14O3/c1-3-10(2)16-13(15)9-12(14)11-7-5-4-6-8-11/h3-8,10H,1,9H2,2H3. The van der Waals surface area contributed by atoms with Crippen LogP contribution in [0.3, 0.4) is 0 Å². The quantitative estimate of drug-likeness (QED) is 0.330. The molecular weight excluding hydrogens is 204 g/mol. The lowest BCUT2D eigenvalue weighted by Gasteiger charge is -2.07.